The number of ether oxygens (including phenoxy) is 2. The minimum atomic E-state index is -4.63. The highest BCUT2D eigenvalue weighted by Crippen LogP contribution is 2.56. The van der Waals surface area contributed by atoms with E-state index in [4.69, 9.17) is 4.74 Å². The summed E-state index contributed by atoms with van der Waals surface area (Å²) in [5.74, 6) is -0.262. The van der Waals surface area contributed by atoms with E-state index in [0.29, 0.717) is 29.2 Å². The maximum absolute atomic E-state index is 12.7. The number of hydrogen-bond acceptors (Lipinski definition) is 4. The molecule has 0 bridgehead atoms. The molecule has 3 unspecified atom stereocenters. The molecule has 1 saturated carbocycles. The fraction of sp³-hybridized carbons (Fsp3) is 0.708. The molecule has 4 nitrogen and oxygen atoms in total. The summed E-state index contributed by atoms with van der Waals surface area (Å²) in [6.45, 7) is 6.61. The monoisotopic (exact) mass is 442 g/mol. The molecule has 0 aromatic heterocycles. The standard InChI is InChI=1S/C24H33F3O4/c1-5-6-7-8-15-12-18-20(21(28)19(15)22(29)30-13-24(25,26)27)16-11-14(2)9-10-17(16)23(3,4)31-18/h12,14,16-17,28H,5-11,13H2,1-4H3. The first-order valence-corrected chi connectivity index (χ1v) is 11.3. The van der Waals surface area contributed by atoms with Crippen molar-refractivity contribution in [3.63, 3.8) is 0 Å². The number of unbranched alkanes of at least 4 members (excludes halogenated alkanes) is 2. The zero-order valence-electron chi connectivity index (χ0n) is 18.8. The predicted molar refractivity (Wildman–Crippen MR) is 112 cm³/mol. The Morgan fingerprint density at radius 3 is 2.65 bits per heavy atom. The summed E-state index contributed by atoms with van der Waals surface area (Å²) in [6, 6.07) is 1.74. The maximum atomic E-state index is 12.7. The maximum Gasteiger partial charge on any atom is 0.422 e. The summed E-state index contributed by atoms with van der Waals surface area (Å²) in [4.78, 5) is 12.7. The molecule has 0 spiro atoms. The van der Waals surface area contributed by atoms with Crippen LogP contribution in [0.5, 0.6) is 11.5 Å². The molecule has 3 atom stereocenters. The predicted octanol–water partition coefficient (Wildman–Crippen LogP) is 6.53. The molecular formula is C24H33F3O4. The van der Waals surface area contributed by atoms with Gasteiger partial charge in [-0.1, -0.05) is 33.1 Å². The molecule has 0 amide bonds. The van der Waals surface area contributed by atoms with Crippen LogP contribution in [-0.2, 0) is 11.2 Å². The fourth-order valence-electron chi connectivity index (χ4n) is 5.26. The number of aryl methyl sites for hydroxylation is 1. The summed E-state index contributed by atoms with van der Waals surface area (Å²) in [5.41, 5.74) is 0.465. The first kappa shape index (κ1) is 23.7. The van der Waals surface area contributed by atoms with Crippen molar-refractivity contribution >= 4 is 5.97 Å². The van der Waals surface area contributed by atoms with Crippen LogP contribution in [-0.4, -0.2) is 29.5 Å². The average Bonchev–Trinajstić information content (AvgIpc) is 2.65. The lowest BCUT2D eigenvalue weighted by molar-refractivity contribution is -0.161. The molecule has 0 radical (unpaired) electrons. The Morgan fingerprint density at radius 1 is 1.29 bits per heavy atom. The van der Waals surface area contributed by atoms with Gasteiger partial charge in [0.1, 0.15) is 22.7 Å². The van der Waals surface area contributed by atoms with Crippen molar-refractivity contribution in [2.24, 2.45) is 11.8 Å². The van der Waals surface area contributed by atoms with E-state index in [-0.39, 0.29) is 23.1 Å². The van der Waals surface area contributed by atoms with Gasteiger partial charge in [-0.25, -0.2) is 4.79 Å². The second-order valence-electron chi connectivity index (χ2n) is 9.66. The van der Waals surface area contributed by atoms with Crippen LogP contribution in [0.15, 0.2) is 6.07 Å². The van der Waals surface area contributed by atoms with Crippen LogP contribution in [0, 0.1) is 11.8 Å². The van der Waals surface area contributed by atoms with Crippen molar-refractivity contribution in [1.82, 2.24) is 0 Å². The topological polar surface area (TPSA) is 55.8 Å². The Bertz CT molecular complexity index is 816. The van der Waals surface area contributed by atoms with Gasteiger partial charge in [-0.2, -0.15) is 13.2 Å². The van der Waals surface area contributed by atoms with Crippen molar-refractivity contribution < 1.29 is 32.5 Å². The highest BCUT2D eigenvalue weighted by atomic mass is 19.4. The lowest BCUT2D eigenvalue weighted by atomic mass is 9.64. The van der Waals surface area contributed by atoms with Crippen LogP contribution in [0.3, 0.4) is 0 Å². The van der Waals surface area contributed by atoms with E-state index in [1.807, 2.05) is 20.8 Å². The smallest absolute Gasteiger partial charge is 0.422 e. The minimum Gasteiger partial charge on any atom is -0.507 e. The van der Waals surface area contributed by atoms with Gasteiger partial charge in [0.05, 0.1) is 0 Å². The Labute approximate surface area is 182 Å². The number of carbonyl (C=O) groups is 1. The third-order valence-corrected chi connectivity index (χ3v) is 6.75. The number of halogens is 3. The number of hydrogen-bond donors (Lipinski definition) is 1. The molecule has 2 aliphatic rings. The number of rotatable bonds is 6. The van der Waals surface area contributed by atoms with Gasteiger partial charge in [0.2, 0.25) is 0 Å². The Hall–Kier alpha value is -1.92. The molecule has 7 heteroatoms. The summed E-state index contributed by atoms with van der Waals surface area (Å²) in [6.07, 6.45) is 1.27. The third kappa shape index (κ3) is 5.12. The van der Waals surface area contributed by atoms with Crippen molar-refractivity contribution in [1.29, 1.82) is 0 Å². The van der Waals surface area contributed by atoms with Crippen molar-refractivity contribution in [3.8, 4) is 11.5 Å². The van der Waals surface area contributed by atoms with E-state index < -0.39 is 24.4 Å². The molecule has 1 aromatic carbocycles. The van der Waals surface area contributed by atoms with Crippen LogP contribution in [0.25, 0.3) is 0 Å². The average molecular weight is 443 g/mol. The molecule has 0 saturated heterocycles. The second kappa shape index (κ2) is 8.91. The van der Waals surface area contributed by atoms with E-state index in [1.165, 1.54) is 0 Å². The van der Waals surface area contributed by atoms with Gasteiger partial charge in [-0.3, -0.25) is 0 Å². The Morgan fingerprint density at radius 2 is 2.00 bits per heavy atom. The van der Waals surface area contributed by atoms with E-state index >= 15 is 0 Å². The fourth-order valence-corrected chi connectivity index (χ4v) is 5.26. The Balaban J connectivity index is 2.07. The summed E-state index contributed by atoms with van der Waals surface area (Å²) < 4.78 is 48.8. The highest BCUT2D eigenvalue weighted by Gasteiger charge is 2.48. The zero-order chi connectivity index (χ0) is 23.0. The number of phenols is 1. The van der Waals surface area contributed by atoms with Gasteiger partial charge in [0, 0.05) is 11.5 Å². The van der Waals surface area contributed by atoms with E-state index in [1.54, 1.807) is 6.07 Å². The summed E-state index contributed by atoms with van der Waals surface area (Å²) in [5, 5.41) is 11.2. The lowest BCUT2D eigenvalue weighted by Crippen LogP contribution is -2.46. The van der Waals surface area contributed by atoms with Gasteiger partial charge in [-0.15, -0.1) is 0 Å². The van der Waals surface area contributed by atoms with Crippen molar-refractivity contribution in [2.75, 3.05) is 6.61 Å². The molecule has 3 rings (SSSR count). The normalized spacial score (nSPS) is 24.7. The van der Waals surface area contributed by atoms with Crippen LogP contribution in [0.4, 0.5) is 13.2 Å². The Kier molecular flexibility index (Phi) is 6.82. The van der Waals surface area contributed by atoms with Gasteiger partial charge in [0.25, 0.3) is 0 Å². The van der Waals surface area contributed by atoms with Gasteiger partial charge >= 0.3 is 12.1 Å². The second-order valence-corrected chi connectivity index (χ2v) is 9.66. The van der Waals surface area contributed by atoms with Crippen molar-refractivity contribution in [3.05, 3.63) is 22.8 Å². The quantitative estimate of drug-likeness (QED) is 0.402. The molecule has 1 aliphatic heterocycles. The number of esters is 1. The van der Waals surface area contributed by atoms with Gasteiger partial charge in [-0.05, 0) is 63.0 Å². The van der Waals surface area contributed by atoms with E-state index in [9.17, 15) is 23.1 Å². The highest BCUT2D eigenvalue weighted by molar-refractivity contribution is 5.95. The molecule has 31 heavy (non-hydrogen) atoms. The third-order valence-electron chi connectivity index (χ3n) is 6.75. The number of aromatic hydroxyl groups is 1. The van der Waals surface area contributed by atoms with Gasteiger partial charge < -0.3 is 14.6 Å². The summed E-state index contributed by atoms with van der Waals surface area (Å²) >= 11 is 0. The van der Waals surface area contributed by atoms with E-state index in [0.717, 1.165) is 38.5 Å². The molecule has 1 heterocycles. The number of carbonyl (C=O) groups excluding carboxylic acids is 1. The van der Waals surface area contributed by atoms with Crippen molar-refractivity contribution in [2.45, 2.75) is 90.3 Å². The number of phenolic OH excluding ortho intramolecular Hbond substituents is 1. The van der Waals surface area contributed by atoms with E-state index in [2.05, 4.69) is 11.7 Å². The van der Waals surface area contributed by atoms with Crippen LogP contribution < -0.4 is 4.74 Å². The van der Waals surface area contributed by atoms with Crippen LogP contribution in [0.1, 0.15) is 93.6 Å². The zero-order valence-corrected chi connectivity index (χ0v) is 18.8. The van der Waals surface area contributed by atoms with Gasteiger partial charge in [0.15, 0.2) is 6.61 Å². The molecule has 1 aliphatic carbocycles. The SMILES string of the molecule is CCCCCc1cc2c(c(O)c1C(=O)OCC(F)(F)F)C1CC(C)CCC1C(C)(C)O2. The largest absolute Gasteiger partial charge is 0.507 e. The first-order chi connectivity index (χ1) is 14.4. The molecular weight excluding hydrogens is 409 g/mol. The molecule has 1 N–H and O–H groups in total. The van der Waals surface area contributed by atoms with Crippen LogP contribution in [0.2, 0.25) is 0 Å². The molecule has 1 fully saturated rings. The van der Waals surface area contributed by atoms with Crippen LogP contribution >= 0.6 is 0 Å². The molecule has 174 valence electrons. The summed E-state index contributed by atoms with van der Waals surface area (Å²) in [7, 11) is 0. The number of alkyl halides is 3. The minimum absolute atomic E-state index is 0.0126. The molecule has 1 aromatic rings. The number of fused-ring (bicyclic) bond motifs is 3. The lowest BCUT2D eigenvalue weighted by Gasteiger charge is -2.49. The first-order valence-electron chi connectivity index (χ1n) is 11.3. The number of benzene rings is 1.